The van der Waals surface area contributed by atoms with Gasteiger partial charge in [-0.2, -0.15) is 5.10 Å². The van der Waals surface area contributed by atoms with Crippen molar-refractivity contribution in [2.75, 3.05) is 19.8 Å². The van der Waals surface area contributed by atoms with Crippen molar-refractivity contribution in [3.05, 3.63) is 59.2 Å². The summed E-state index contributed by atoms with van der Waals surface area (Å²) in [7, 11) is 0. The molecule has 0 radical (unpaired) electrons. The van der Waals surface area contributed by atoms with Crippen LogP contribution in [0, 0.1) is 5.82 Å². The Kier molecular flexibility index (Phi) is 4.20. The number of nitrogens with zero attached hydrogens (tertiary/aromatic N) is 3. The fourth-order valence-corrected chi connectivity index (χ4v) is 3.78. The van der Waals surface area contributed by atoms with Gasteiger partial charge in [0.15, 0.2) is 5.89 Å². The van der Waals surface area contributed by atoms with Gasteiger partial charge in [0.05, 0.1) is 36.5 Å². The minimum atomic E-state index is -0.362. The van der Waals surface area contributed by atoms with E-state index in [1.807, 2.05) is 0 Å². The minimum absolute atomic E-state index is 0.160. The molecule has 2 aromatic heterocycles. The van der Waals surface area contributed by atoms with Crippen LogP contribution < -0.4 is 0 Å². The molecular formula is C20H19FN4O3. The van der Waals surface area contributed by atoms with Gasteiger partial charge in [0.2, 0.25) is 0 Å². The quantitative estimate of drug-likeness (QED) is 0.753. The van der Waals surface area contributed by atoms with E-state index in [1.54, 1.807) is 17.0 Å². The molecule has 0 bridgehead atoms. The van der Waals surface area contributed by atoms with E-state index in [9.17, 15) is 9.18 Å². The number of hydrogen-bond donors (Lipinski definition) is 1. The van der Waals surface area contributed by atoms with E-state index in [2.05, 4.69) is 15.2 Å². The lowest BCUT2D eigenvalue weighted by atomic mass is 10.1. The molecule has 4 heterocycles. The van der Waals surface area contributed by atoms with Crippen LogP contribution in [0.1, 0.15) is 40.0 Å². The van der Waals surface area contributed by atoms with E-state index in [-0.39, 0.29) is 17.6 Å². The number of ether oxygens (including phenoxy) is 1. The topological polar surface area (TPSA) is 84.2 Å². The van der Waals surface area contributed by atoms with Crippen molar-refractivity contribution in [1.82, 2.24) is 20.1 Å². The van der Waals surface area contributed by atoms with E-state index in [0.29, 0.717) is 48.8 Å². The average Bonchev–Trinajstić information content (AvgIpc) is 3.46. The second-order valence-corrected chi connectivity index (χ2v) is 7.13. The number of halogens is 1. The molecule has 0 saturated carbocycles. The lowest BCUT2D eigenvalue weighted by Crippen LogP contribution is -2.35. The summed E-state index contributed by atoms with van der Waals surface area (Å²) in [4.78, 5) is 19.5. The number of benzene rings is 1. The van der Waals surface area contributed by atoms with Gasteiger partial charge < -0.3 is 14.1 Å². The fraction of sp³-hybridized carbons (Fsp3) is 0.350. The average molecular weight is 382 g/mol. The van der Waals surface area contributed by atoms with Crippen molar-refractivity contribution in [3.63, 3.8) is 0 Å². The predicted octanol–water partition coefficient (Wildman–Crippen LogP) is 2.91. The molecular weight excluding hydrogens is 363 g/mol. The van der Waals surface area contributed by atoms with Crippen LogP contribution in [-0.4, -0.2) is 45.7 Å². The molecule has 1 N–H and O–H groups in total. The Bertz CT molecular complexity index is 1020. The molecule has 2 aliphatic rings. The maximum atomic E-state index is 13.6. The maximum absolute atomic E-state index is 13.6. The van der Waals surface area contributed by atoms with Crippen molar-refractivity contribution in [2.45, 2.75) is 25.3 Å². The molecule has 0 spiro atoms. The molecule has 1 saturated heterocycles. The summed E-state index contributed by atoms with van der Waals surface area (Å²) in [6.45, 7) is 2.29. The Labute approximate surface area is 160 Å². The molecule has 1 unspecified atom stereocenters. The van der Waals surface area contributed by atoms with E-state index >= 15 is 0 Å². The zero-order chi connectivity index (χ0) is 19.1. The Balaban J connectivity index is 1.38. The molecule has 8 heteroatoms. The number of hydrogen-bond acceptors (Lipinski definition) is 5. The number of carbonyl (C=O) groups is 1. The number of H-pyrrole nitrogens is 1. The van der Waals surface area contributed by atoms with Crippen LogP contribution in [-0.2, 0) is 17.7 Å². The summed E-state index contributed by atoms with van der Waals surface area (Å²) >= 11 is 0. The third kappa shape index (κ3) is 2.99. The van der Waals surface area contributed by atoms with Crippen molar-refractivity contribution in [2.24, 2.45) is 0 Å². The summed E-state index contributed by atoms with van der Waals surface area (Å²) in [6, 6.07) is 6.10. The number of amides is 1. The lowest BCUT2D eigenvalue weighted by Gasteiger charge is -2.25. The summed E-state index contributed by atoms with van der Waals surface area (Å²) < 4.78 is 24.9. The number of nitrogens with one attached hydrogen (secondary N) is 1. The van der Waals surface area contributed by atoms with Crippen molar-refractivity contribution in [3.8, 4) is 11.3 Å². The van der Waals surface area contributed by atoms with E-state index < -0.39 is 0 Å². The first-order valence-corrected chi connectivity index (χ1v) is 9.34. The highest BCUT2D eigenvalue weighted by Crippen LogP contribution is 2.30. The zero-order valence-electron chi connectivity index (χ0n) is 15.2. The first-order chi connectivity index (χ1) is 13.7. The highest BCUT2D eigenvalue weighted by atomic mass is 19.1. The number of aromatic nitrogens is 3. The van der Waals surface area contributed by atoms with Gasteiger partial charge in [-0.1, -0.05) is 12.1 Å². The molecule has 28 heavy (non-hydrogen) atoms. The molecule has 2 aliphatic heterocycles. The number of aromatic amines is 1. The molecule has 7 nitrogen and oxygen atoms in total. The summed E-state index contributed by atoms with van der Waals surface area (Å²) in [6.07, 6.45) is 3.02. The molecule has 0 aliphatic carbocycles. The van der Waals surface area contributed by atoms with Gasteiger partial charge in [-0.05, 0) is 18.6 Å². The largest absolute Gasteiger partial charge is 0.445 e. The summed E-state index contributed by atoms with van der Waals surface area (Å²) in [5, 5.41) is 6.82. The molecule has 144 valence electrons. The van der Waals surface area contributed by atoms with Crippen LogP contribution in [0.15, 0.2) is 34.9 Å². The molecule has 1 aromatic carbocycles. The van der Waals surface area contributed by atoms with Gasteiger partial charge in [0, 0.05) is 25.1 Å². The molecule has 1 amide bonds. The second kappa shape index (κ2) is 6.87. The monoisotopic (exact) mass is 382 g/mol. The molecule has 3 aromatic rings. The van der Waals surface area contributed by atoms with E-state index in [0.717, 1.165) is 24.5 Å². The number of carbonyl (C=O) groups excluding carboxylic acids is 1. The highest BCUT2D eigenvalue weighted by Gasteiger charge is 2.31. The minimum Gasteiger partial charge on any atom is -0.445 e. The SMILES string of the molecule is O=C(c1cn[nH]c1-c1cccc(F)c1)N1CCc2oc(C3CCOC3)nc2C1. The van der Waals surface area contributed by atoms with Crippen molar-refractivity contribution >= 4 is 5.91 Å². The standard InChI is InChI=1S/C20H19FN4O3/c21-14-3-1-2-12(8-14)18-15(9-22-24-18)20(26)25-6-4-17-16(10-25)23-19(28-17)13-5-7-27-11-13/h1-3,8-9,13H,4-7,10-11H2,(H,22,24). The first kappa shape index (κ1) is 17.1. The van der Waals surface area contributed by atoms with Gasteiger partial charge in [-0.25, -0.2) is 9.37 Å². The Morgan fingerprint density at radius 2 is 2.29 bits per heavy atom. The van der Waals surface area contributed by atoms with Gasteiger partial charge >= 0.3 is 0 Å². The normalized spacial score (nSPS) is 19.0. The molecule has 1 fully saturated rings. The first-order valence-electron chi connectivity index (χ1n) is 9.34. The highest BCUT2D eigenvalue weighted by molar-refractivity contribution is 5.99. The van der Waals surface area contributed by atoms with Gasteiger partial charge in [0.1, 0.15) is 17.3 Å². The summed E-state index contributed by atoms with van der Waals surface area (Å²) in [5.74, 6) is 1.24. The van der Waals surface area contributed by atoms with E-state index in [1.165, 1.54) is 18.3 Å². The Morgan fingerprint density at radius 3 is 3.11 bits per heavy atom. The lowest BCUT2D eigenvalue weighted by molar-refractivity contribution is 0.0728. The van der Waals surface area contributed by atoms with E-state index in [4.69, 9.17) is 9.15 Å². The molecule has 5 rings (SSSR count). The van der Waals surface area contributed by atoms with Crippen LogP contribution >= 0.6 is 0 Å². The summed E-state index contributed by atoms with van der Waals surface area (Å²) in [5.41, 5.74) is 2.32. The van der Waals surface area contributed by atoms with Gasteiger partial charge in [0.25, 0.3) is 5.91 Å². The second-order valence-electron chi connectivity index (χ2n) is 7.13. The predicted molar refractivity (Wildman–Crippen MR) is 97.1 cm³/mol. The third-order valence-corrected chi connectivity index (χ3v) is 5.29. The van der Waals surface area contributed by atoms with Gasteiger partial charge in [-0.15, -0.1) is 0 Å². The Hall–Kier alpha value is -3.00. The fourth-order valence-electron chi connectivity index (χ4n) is 3.78. The van der Waals surface area contributed by atoms with Crippen molar-refractivity contribution < 1.29 is 18.3 Å². The van der Waals surface area contributed by atoms with Crippen LogP contribution in [0.2, 0.25) is 0 Å². The zero-order valence-corrected chi connectivity index (χ0v) is 15.2. The molecule has 1 atom stereocenters. The smallest absolute Gasteiger partial charge is 0.258 e. The van der Waals surface area contributed by atoms with Crippen LogP contribution in [0.25, 0.3) is 11.3 Å². The third-order valence-electron chi connectivity index (χ3n) is 5.29. The number of rotatable bonds is 3. The number of fused-ring (bicyclic) bond motifs is 1. The van der Waals surface area contributed by atoms with Crippen molar-refractivity contribution in [1.29, 1.82) is 0 Å². The van der Waals surface area contributed by atoms with Crippen LogP contribution in [0.5, 0.6) is 0 Å². The van der Waals surface area contributed by atoms with Gasteiger partial charge in [-0.3, -0.25) is 9.89 Å². The maximum Gasteiger partial charge on any atom is 0.258 e. The number of oxazole rings is 1. The van der Waals surface area contributed by atoms with Crippen LogP contribution in [0.4, 0.5) is 4.39 Å². The van der Waals surface area contributed by atoms with Crippen LogP contribution in [0.3, 0.4) is 0 Å². The Morgan fingerprint density at radius 1 is 1.36 bits per heavy atom.